The Morgan fingerprint density at radius 2 is 1.67 bits per heavy atom. The molecule has 10 heteroatoms. The number of halogens is 1. The maximum absolute atomic E-state index is 12.2. The molecule has 8 nitrogen and oxygen atoms in total. The highest BCUT2D eigenvalue weighted by molar-refractivity contribution is 7.89. The Bertz CT molecular complexity index is 915. The van der Waals surface area contributed by atoms with Crippen LogP contribution in [0, 0.1) is 0 Å². The molecule has 2 amide bonds. The zero-order valence-corrected chi connectivity index (χ0v) is 16.0. The maximum Gasteiger partial charge on any atom is 0.251 e. The molecule has 2 rings (SSSR count). The van der Waals surface area contributed by atoms with Crippen molar-refractivity contribution in [3.05, 3.63) is 64.7 Å². The summed E-state index contributed by atoms with van der Waals surface area (Å²) in [6.45, 7) is 1.60. The molecule has 0 heterocycles. The largest absolute Gasteiger partial charge is 0.348 e. The number of carbonyl (C=O) groups excluding carboxylic acids is 2. The lowest BCUT2D eigenvalue weighted by molar-refractivity contribution is -0.122. The van der Waals surface area contributed by atoms with Crippen LogP contribution in [0.15, 0.2) is 53.4 Å². The van der Waals surface area contributed by atoms with Crippen molar-refractivity contribution in [2.75, 3.05) is 0 Å². The van der Waals surface area contributed by atoms with Crippen LogP contribution in [0.5, 0.6) is 0 Å². The molecule has 0 aliphatic heterocycles. The number of hydrogen-bond acceptors (Lipinski definition) is 5. The first-order valence-electron chi connectivity index (χ1n) is 7.88. The molecule has 0 bridgehead atoms. The number of nitrogens with one attached hydrogen (secondary N) is 3. The predicted molar refractivity (Wildman–Crippen MR) is 101 cm³/mol. The SMILES string of the molecule is CC(NS(=O)(=O)c1ccc(CNC(=O)c2ccc(Cl)cc2)cc1)C(=O)NN. The molecule has 1 atom stereocenters. The minimum Gasteiger partial charge on any atom is -0.348 e. The van der Waals surface area contributed by atoms with Crippen LogP contribution in [0.3, 0.4) is 0 Å². The van der Waals surface area contributed by atoms with E-state index >= 15 is 0 Å². The van der Waals surface area contributed by atoms with Gasteiger partial charge in [0.05, 0.1) is 10.9 Å². The van der Waals surface area contributed by atoms with Gasteiger partial charge in [0.1, 0.15) is 0 Å². The summed E-state index contributed by atoms with van der Waals surface area (Å²) in [5.41, 5.74) is 3.06. The average Bonchev–Trinajstić information content (AvgIpc) is 2.66. The van der Waals surface area contributed by atoms with Crippen molar-refractivity contribution in [2.24, 2.45) is 5.84 Å². The Morgan fingerprint density at radius 3 is 2.22 bits per heavy atom. The highest BCUT2D eigenvalue weighted by Gasteiger charge is 2.21. The lowest BCUT2D eigenvalue weighted by Crippen LogP contribution is -2.47. The number of sulfonamides is 1. The summed E-state index contributed by atoms with van der Waals surface area (Å²) >= 11 is 5.78. The number of carbonyl (C=O) groups is 2. The van der Waals surface area contributed by atoms with Crippen molar-refractivity contribution < 1.29 is 18.0 Å². The minimum atomic E-state index is -3.88. The summed E-state index contributed by atoms with van der Waals surface area (Å²) in [5, 5.41) is 3.27. The van der Waals surface area contributed by atoms with E-state index in [1.54, 1.807) is 36.4 Å². The molecular formula is C17H19ClN4O4S. The molecule has 2 aromatic rings. The van der Waals surface area contributed by atoms with Crippen LogP contribution in [0.25, 0.3) is 0 Å². The molecule has 0 spiro atoms. The molecule has 144 valence electrons. The molecule has 0 fully saturated rings. The van der Waals surface area contributed by atoms with Crippen LogP contribution in [0.4, 0.5) is 0 Å². The number of nitrogens with two attached hydrogens (primary N) is 1. The van der Waals surface area contributed by atoms with Crippen molar-refractivity contribution in [2.45, 2.75) is 24.4 Å². The van der Waals surface area contributed by atoms with Gasteiger partial charge in [0.25, 0.3) is 11.8 Å². The molecule has 27 heavy (non-hydrogen) atoms. The zero-order valence-electron chi connectivity index (χ0n) is 14.4. The highest BCUT2D eigenvalue weighted by Crippen LogP contribution is 2.12. The van der Waals surface area contributed by atoms with Gasteiger partial charge in [-0.2, -0.15) is 4.72 Å². The fourth-order valence-electron chi connectivity index (χ4n) is 2.15. The van der Waals surface area contributed by atoms with Crippen LogP contribution < -0.4 is 21.3 Å². The van der Waals surface area contributed by atoms with Gasteiger partial charge in [-0.15, -0.1) is 0 Å². The second-order valence-corrected chi connectivity index (χ2v) is 7.84. The highest BCUT2D eigenvalue weighted by atomic mass is 35.5. The first kappa shape index (κ1) is 20.8. The Balaban J connectivity index is 1.99. The van der Waals surface area contributed by atoms with Gasteiger partial charge in [-0.1, -0.05) is 23.7 Å². The van der Waals surface area contributed by atoms with Gasteiger partial charge >= 0.3 is 0 Å². The summed E-state index contributed by atoms with van der Waals surface area (Å²) in [6, 6.07) is 11.4. The van der Waals surface area contributed by atoms with E-state index in [0.29, 0.717) is 16.1 Å². The maximum atomic E-state index is 12.2. The van der Waals surface area contributed by atoms with Gasteiger partial charge in [-0.3, -0.25) is 15.0 Å². The number of hydrazine groups is 1. The van der Waals surface area contributed by atoms with E-state index < -0.39 is 22.0 Å². The second kappa shape index (κ2) is 8.96. The van der Waals surface area contributed by atoms with Gasteiger partial charge in [-0.25, -0.2) is 14.3 Å². The first-order chi connectivity index (χ1) is 12.7. The number of rotatable bonds is 7. The lowest BCUT2D eigenvalue weighted by atomic mass is 10.2. The third-order valence-corrected chi connectivity index (χ3v) is 5.47. The zero-order chi connectivity index (χ0) is 20.0. The molecule has 0 saturated carbocycles. The van der Waals surface area contributed by atoms with Gasteiger partial charge in [0.15, 0.2) is 0 Å². The molecule has 0 aliphatic rings. The summed E-state index contributed by atoms with van der Waals surface area (Å²) < 4.78 is 26.7. The van der Waals surface area contributed by atoms with Gasteiger partial charge < -0.3 is 5.32 Å². The van der Waals surface area contributed by atoms with Gasteiger partial charge in [0, 0.05) is 17.1 Å². The fourth-order valence-corrected chi connectivity index (χ4v) is 3.48. The number of benzene rings is 2. The monoisotopic (exact) mass is 410 g/mol. The van der Waals surface area contributed by atoms with Crippen molar-refractivity contribution >= 4 is 33.4 Å². The Morgan fingerprint density at radius 1 is 1.07 bits per heavy atom. The normalized spacial score (nSPS) is 12.3. The van der Waals surface area contributed by atoms with Gasteiger partial charge in [0.2, 0.25) is 10.0 Å². The third-order valence-electron chi connectivity index (χ3n) is 3.66. The summed E-state index contributed by atoms with van der Waals surface area (Å²) in [7, 11) is -3.88. The van der Waals surface area contributed by atoms with Crippen molar-refractivity contribution in [3.63, 3.8) is 0 Å². The Kier molecular flexibility index (Phi) is 6.92. The quantitative estimate of drug-likeness (QED) is 0.306. The Labute approximate surface area is 162 Å². The standard InChI is InChI=1S/C17H19ClN4O4S/c1-11(16(23)21-19)22-27(25,26)15-8-2-12(3-9-15)10-20-17(24)13-4-6-14(18)7-5-13/h2-9,11,22H,10,19H2,1H3,(H,20,24)(H,21,23). The topological polar surface area (TPSA) is 130 Å². The van der Waals surface area contributed by atoms with E-state index in [1.807, 2.05) is 5.43 Å². The second-order valence-electron chi connectivity index (χ2n) is 5.69. The summed E-state index contributed by atoms with van der Waals surface area (Å²) in [6.07, 6.45) is 0. The predicted octanol–water partition coefficient (Wildman–Crippen LogP) is 0.927. The molecule has 0 radical (unpaired) electrons. The van der Waals surface area contributed by atoms with E-state index in [0.717, 1.165) is 0 Å². The molecular weight excluding hydrogens is 392 g/mol. The summed E-state index contributed by atoms with van der Waals surface area (Å²) in [4.78, 5) is 23.4. The minimum absolute atomic E-state index is 0.00745. The number of amides is 2. The van der Waals surface area contributed by atoms with Crippen molar-refractivity contribution in [1.29, 1.82) is 0 Å². The molecule has 2 aromatic carbocycles. The molecule has 5 N–H and O–H groups in total. The van der Waals surface area contributed by atoms with E-state index in [2.05, 4.69) is 10.0 Å². The third kappa shape index (κ3) is 5.76. The van der Waals surface area contributed by atoms with Crippen LogP contribution >= 0.6 is 11.6 Å². The Hall–Kier alpha value is -2.46. The van der Waals surface area contributed by atoms with Crippen LogP contribution in [0.2, 0.25) is 5.02 Å². The first-order valence-corrected chi connectivity index (χ1v) is 9.74. The van der Waals surface area contributed by atoms with E-state index in [9.17, 15) is 18.0 Å². The molecule has 0 aliphatic carbocycles. The molecule has 0 aromatic heterocycles. The summed E-state index contributed by atoms with van der Waals surface area (Å²) in [5.74, 6) is 4.06. The lowest BCUT2D eigenvalue weighted by Gasteiger charge is -2.13. The molecule has 0 saturated heterocycles. The molecule has 1 unspecified atom stereocenters. The van der Waals surface area contributed by atoms with Crippen LogP contribution in [-0.4, -0.2) is 26.3 Å². The fraction of sp³-hybridized carbons (Fsp3) is 0.176. The van der Waals surface area contributed by atoms with Crippen LogP contribution in [0.1, 0.15) is 22.8 Å². The van der Waals surface area contributed by atoms with Crippen molar-refractivity contribution in [3.8, 4) is 0 Å². The van der Waals surface area contributed by atoms with Crippen molar-refractivity contribution in [1.82, 2.24) is 15.5 Å². The van der Waals surface area contributed by atoms with Gasteiger partial charge in [-0.05, 0) is 48.9 Å². The number of hydrogen-bond donors (Lipinski definition) is 4. The van der Waals surface area contributed by atoms with E-state index in [1.165, 1.54) is 19.1 Å². The smallest absolute Gasteiger partial charge is 0.251 e. The van der Waals surface area contributed by atoms with E-state index in [-0.39, 0.29) is 17.3 Å². The average molecular weight is 411 g/mol. The van der Waals surface area contributed by atoms with E-state index in [4.69, 9.17) is 17.4 Å². The van der Waals surface area contributed by atoms with Crippen LogP contribution in [-0.2, 0) is 21.4 Å².